The molecule has 0 radical (unpaired) electrons. The number of fused-ring (bicyclic) bond motifs is 3. The molecule has 5 heteroatoms. The summed E-state index contributed by atoms with van der Waals surface area (Å²) in [6.07, 6.45) is 1.61. The molecule has 0 saturated heterocycles. The largest absolute Gasteiger partial charge is 0.480 e. The maximum atomic E-state index is 12.9. The number of hydrogen-bond donors (Lipinski definition) is 2. The van der Waals surface area contributed by atoms with Crippen molar-refractivity contribution >= 4 is 18.0 Å². The smallest absolute Gasteiger partial charge is 0.354 e. The van der Waals surface area contributed by atoms with Gasteiger partial charge in [-0.05, 0) is 40.8 Å². The number of carboxylic acids is 1. The Hall–Kier alpha value is -3.86. The van der Waals surface area contributed by atoms with Gasteiger partial charge in [0, 0.05) is 5.92 Å². The molecule has 0 aliphatic heterocycles. The predicted octanol–water partition coefficient (Wildman–Crippen LogP) is 4.45. The van der Waals surface area contributed by atoms with E-state index >= 15 is 0 Å². The molecule has 0 unspecified atom stereocenters. The van der Waals surface area contributed by atoms with Crippen molar-refractivity contribution in [3.05, 3.63) is 101 Å². The Morgan fingerprint density at radius 1 is 0.935 bits per heavy atom. The molecule has 1 aliphatic rings. The van der Waals surface area contributed by atoms with Crippen molar-refractivity contribution in [1.29, 1.82) is 0 Å². The second-order valence-electron chi connectivity index (χ2n) is 7.50. The first-order valence-corrected chi connectivity index (χ1v) is 10.2. The van der Waals surface area contributed by atoms with Crippen LogP contribution in [-0.2, 0) is 14.3 Å². The molecular formula is C26H23NO4. The summed E-state index contributed by atoms with van der Waals surface area (Å²) in [5.74, 6) is -1.70. The molecule has 0 aromatic heterocycles. The molecule has 0 amide bonds. The summed E-state index contributed by atoms with van der Waals surface area (Å²) in [6.45, 7) is 1.65. The van der Waals surface area contributed by atoms with E-state index in [-0.39, 0.29) is 18.2 Å². The molecule has 2 N–H and O–H groups in total. The van der Waals surface area contributed by atoms with Gasteiger partial charge in [0.15, 0.2) is 0 Å². The van der Waals surface area contributed by atoms with Crippen LogP contribution >= 0.6 is 0 Å². The number of rotatable bonds is 7. The van der Waals surface area contributed by atoms with Gasteiger partial charge in [-0.25, -0.2) is 4.79 Å². The van der Waals surface area contributed by atoms with Crippen LogP contribution in [0.3, 0.4) is 0 Å². The van der Waals surface area contributed by atoms with Gasteiger partial charge in [-0.2, -0.15) is 0 Å². The van der Waals surface area contributed by atoms with Crippen molar-refractivity contribution in [2.75, 3.05) is 6.61 Å². The predicted molar refractivity (Wildman–Crippen MR) is 119 cm³/mol. The minimum absolute atomic E-state index is 0.0637. The number of carbonyl (C=O) groups is 2. The molecule has 0 fully saturated rings. The van der Waals surface area contributed by atoms with Crippen LogP contribution in [0.25, 0.3) is 17.2 Å². The first-order valence-electron chi connectivity index (χ1n) is 10.2. The van der Waals surface area contributed by atoms with Crippen molar-refractivity contribution in [1.82, 2.24) is 5.32 Å². The van der Waals surface area contributed by atoms with Crippen LogP contribution in [0.1, 0.15) is 29.5 Å². The summed E-state index contributed by atoms with van der Waals surface area (Å²) in [5.41, 5.74) is 5.43. The Kier molecular flexibility index (Phi) is 5.85. The first-order chi connectivity index (χ1) is 15.0. The Labute approximate surface area is 181 Å². The van der Waals surface area contributed by atoms with Crippen LogP contribution < -0.4 is 5.32 Å². The Morgan fingerprint density at radius 2 is 1.48 bits per heavy atom. The zero-order chi connectivity index (χ0) is 21.8. The highest BCUT2D eigenvalue weighted by atomic mass is 16.5. The van der Waals surface area contributed by atoms with E-state index in [1.165, 1.54) is 6.92 Å². The highest BCUT2D eigenvalue weighted by molar-refractivity contribution is 5.94. The molecule has 1 atom stereocenters. The van der Waals surface area contributed by atoms with Crippen LogP contribution in [0.5, 0.6) is 0 Å². The minimum Gasteiger partial charge on any atom is -0.480 e. The highest BCUT2D eigenvalue weighted by Crippen LogP contribution is 2.44. The van der Waals surface area contributed by atoms with E-state index in [4.69, 9.17) is 4.74 Å². The molecular weight excluding hydrogens is 390 g/mol. The lowest BCUT2D eigenvalue weighted by molar-refractivity contribution is -0.140. The van der Waals surface area contributed by atoms with Crippen molar-refractivity contribution in [2.45, 2.75) is 18.9 Å². The molecule has 156 valence electrons. The lowest BCUT2D eigenvalue weighted by atomic mass is 9.98. The fourth-order valence-corrected chi connectivity index (χ4v) is 3.85. The van der Waals surface area contributed by atoms with E-state index in [0.717, 1.165) is 27.8 Å². The number of esters is 1. The summed E-state index contributed by atoms with van der Waals surface area (Å²) in [4.78, 5) is 24.3. The number of benzene rings is 3. The quantitative estimate of drug-likeness (QED) is 0.442. The monoisotopic (exact) mass is 413 g/mol. The van der Waals surface area contributed by atoms with Crippen molar-refractivity contribution in [2.24, 2.45) is 0 Å². The van der Waals surface area contributed by atoms with Gasteiger partial charge < -0.3 is 15.2 Å². The molecule has 1 aliphatic carbocycles. The second-order valence-corrected chi connectivity index (χ2v) is 7.50. The molecule has 3 aromatic rings. The van der Waals surface area contributed by atoms with Crippen LogP contribution in [0.2, 0.25) is 0 Å². The third-order valence-electron chi connectivity index (χ3n) is 5.42. The Bertz CT molecular complexity index is 1090. The van der Waals surface area contributed by atoms with Gasteiger partial charge in [0.25, 0.3) is 0 Å². The Morgan fingerprint density at radius 3 is 2.06 bits per heavy atom. The number of carboxylic acid groups (broad SMARTS) is 1. The van der Waals surface area contributed by atoms with E-state index in [1.807, 2.05) is 54.6 Å². The summed E-state index contributed by atoms with van der Waals surface area (Å²) >= 11 is 0. The van der Waals surface area contributed by atoms with E-state index in [0.29, 0.717) is 0 Å². The normalized spacial score (nSPS) is 13.8. The standard InChI is InChI=1S/C26H23NO4/c1-17(25(28)29)27-24(15-18-9-3-2-4-10-18)26(30)31-16-23-21-13-7-5-11-19(21)20-12-6-8-14-22(20)23/h2-15,17,23,27H,16H2,1H3,(H,28,29)/t17-/m0/s1. The van der Waals surface area contributed by atoms with Crippen molar-refractivity contribution in [3.63, 3.8) is 0 Å². The molecule has 0 bridgehead atoms. The average Bonchev–Trinajstić information content (AvgIpc) is 3.11. The van der Waals surface area contributed by atoms with Crippen LogP contribution in [0.15, 0.2) is 84.6 Å². The molecule has 0 heterocycles. The summed E-state index contributed by atoms with van der Waals surface area (Å²) < 4.78 is 5.69. The van der Waals surface area contributed by atoms with Crippen molar-refractivity contribution in [3.8, 4) is 11.1 Å². The Balaban J connectivity index is 1.57. The van der Waals surface area contributed by atoms with Crippen molar-refractivity contribution < 1.29 is 19.4 Å². The lowest BCUT2D eigenvalue weighted by Gasteiger charge is -2.17. The first kappa shape index (κ1) is 20.4. The summed E-state index contributed by atoms with van der Waals surface area (Å²) in [7, 11) is 0. The molecule has 5 nitrogen and oxygen atoms in total. The van der Waals surface area contributed by atoms with Gasteiger partial charge >= 0.3 is 11.9 Å². The fraction of sp³-hybridized carbons (Fsp3) is 0.154. The van der Waals surface area contributed by atoms with E-state index < -0.39 is 18.0 Å². The maximum Gasteiger partial charge on any atom is 0.354 e. The number of carbonyl (C=O) groups excluding carboxylic acids is 1. The van der Waals surface area contributed by atoms with Crippen LogP contribution in [-0.4, -0.2) is 29.7 Å². The summed E-state index contributed by atoms with van der Waals surface area (Å²) in [6, 6.07) is 24.5. The van der Waals surface area contributed by atoms with Gasteiger partial charge in [0.05, 0.1) is 0 Å². The molecule has 0 saturated carbocycles. The zero-order valence-corrected chi connectivity index (χ0v) is 17.1. The summed E-state index contributed by atoms with van der Waals surface area (Å²) in [5, 5.41) is 12.0. The number of hydrogen-bond acceptors (Lipinski definition) is 4. The highest BCUT2D eigenvalue weighted by Gasteiger charge is 2.29. The molecule has 31 heavy (non-hydrogen) atoms. The SMILES string of the molecule is C[C@H](NC(=Cc1ccccc1)C(=O)OCC1c2ccccc2-c2ccccc21)C(=O)O. The fourth-order valence-electron chi connectivity index (χ4n) is 3.85. The second kappa shape index (κ2) is 8.88. The van der Waals surface area contributed by atoms with Crippen LogP contribution in [0.4, 0.5) is 0 Å². The van der Waals surface area contributed by atoms with E-state index in [9.17, 15) is 14.7 Å². The minimum atomic E-state index is -1.05. The van der Waals surface area contributed by atoms with E-state index in [1.54, 1.807) is 6.08 Å². The third-order valence-corrected chi connectivity index (χ3v) is 5.42. The van der Waals surface area contributed by atoms with Gasteiger partial charge in [-0.1, -0.05) is 78.9 Å². The zero-order valence-electron chi connectivity index (χ0n) is 17.1. The van der Waals surface area contributed by atoms with E-state index in [2.05, 4.69) is 29.6 Å². The van der Waals surface area contributed by atoms with Gasteiger partial charge in [0.1, 0.15) is 18.3 Å². The molecule has 0 spiro atoms. The topological polar surface area (TPSA) is 75.6 Å². The molecule has 4 rings (SSSR count). The van der Waals surface area contributed by atoms with Gasteiger partial charge in [0.2, 0.25) is 0 Å². The van der Waals surface area contributed by atoms with Crippen LogP contribution in [0, 0.1) is 0 Å². The number of aliphatic carboxylic acids is 1. The lowest BCUT2D eigenvalue weighted by Crippen LogP contribution is -2.36. The van der Waals surface area contributed by atoms with Gasteiger partial charge in [-0.3, -0.25) is 4.79 Å². The maximum absolute atomic E-state index is 12.9. The molecule has 3 aromatic carbocycles. The average molecular weight is 413 g/mol. The third kappa shape index (κ3) is 4.36. The number of ether oxygens (including phenoxy) is 1. The van der Waals surface area contributed by atoms with Gasteiger partial charge in [-0.15, -0.1) is 0 Å². The number of nitrogens with one attached hydrogen (secondary N) is 1.